The lowest BCUT2D eigenvalue weighted by atomic mass is 10.1. The third-order valence-electron chi connectivity index (χ3n) is 2.23. The molecular formula is C15H21N3O. The number of nitrogens with one attached hydrogen (secondary N) is 1. The van der Waals surface area contributed by atoms with Crippen LogP contribution in [0.15, 0.2) is 30.4 Å². The zero-order valence-corrected chi connectivity index (χ0v) is 9.74. The van der Waals surface area contributed by atoms with Gasteiger partial charge in [-0.3, -0.25) is 4.98 Å². The number of hydrogen-bond donors (Lipinski definition) is 2. The van der Waals surface area contributed by atoms with Crippen LogP contribution in [0, 0.1) is 0 Å². The molecule has 0 amide bonds. The zero-order chi connectivity index (χ0) is 25.8. The van der Waals surface area contributed by atoms with Gasteiger partial charge in [-0.2, -0.15) is 0 Å². The van der Waals surface area contributed by atoms with E-state index in [1.54, 1.807) is 0 Å². The highest BCUT2D eigenvalue weighted by atomic mass is 16.5. The average Bonchev–Trinajstić information content (AvgIpc) is 2.62. The van der Waals surface area contributed by atoms with E-state index < -0.39 is 56.6 Å². The Morgan fingerprint density at radius 2 is 2.68 bits per heavy atom. The molecule has 1 atom stereocenters. The highest BCUT2D eigenvalue weighted by Gasteiger charge is 2.08. The number of nitrogens with zero attached hydrogens (tertiary/aromatic N) is 1. The van der Waals surface area contributed by atoms with E-state index >= 15 is 0 Å². The van der Waals surface area contributed by atoms with Crippen LogP contribution in [0.5, 0.6) is 5.75 Å². The van der Waals surface area contributed by atoms with Crippen LogP contribution in [0.25, 0.3) is 10.9 Å². The second kappa shape index (κ2) is 6.38. The summed E-state index contributed by atoms with van der Waals surface area (Å²) in [6, 6.07) is -0.443. The van der Waals surface area contributed by atoms with Crippen LogP contribution in [0.2, 0.25) is 0 Å². The number of aromatic nitrogens is 1. The summed E-state index contributed by atoms with van der Waals surface area (Å²) in [5.74, 6) is -0.566. The van der Waals surface area contributed by atoms with Gasteiger partial charge in [0.2, 0.25) is 0 Å². The van der Waals surface area contributed by atoms with Crippen molar-refractivity contribution < 1.29 is 23.9 Å². The second-order valence-corrected chi connectivity index (χ2v) is 3.44. The fourth-order valence-electron chi connectivity index (χ4n) is 1.50. The average molecular weight is 273 g/mol. The number of ether oxygens (including phenoxy) is 1. The van der Waals surface area contributed by atoms with E-state index in [9.17, 15) is 0 Å². The molecule has 2 aromatic rings. The molecule has 0 radical (unpaired) electrons. The number of benzene rings is 1. The molecular weight excluding hydrogens is 238 g/mol. The molecule has 1 aromatic heterocycles. The van der Waals surface area contributed by atoms with Crippen LogP contribution in [-0.4, -0.2) is 24.5 Å². The molecule has 0 saturated carbocycles. The number of fused-ring (bicyclic) bond motifs is 1. The smallest absolute Gasteiger partial charge is 0.121 e. The molecule has 0 aliphatic heterocycles. The topological polar surface area (TPSA) is 60.2 Å². The van der Waals surface area contributed by atoms with Crippen molar-refractivity contribution in [3.63, 3.8) is 0 Å². The maximum Gasteiger partial charge on any atom is 0.121 e. The number of methoxy groups -OCH3 is 1. The van der Waals surface area contributed by atoms with Gasteiger partial charge in [-0.05, 0) is 38.2 Å². The van der Waals surface area contributed by atoms with Gasteiger partial charge in [-0.1, -0.05) is 6.07 Å². The van der Waals surface area contributed by atoms with Crippen LogP contribution < -0.4 is 15.8 Å². The molecule has 4 nitrogen and oxygen atoms in total. The standard InChI is InChI=1S/C15H21N3O/c1-11(5-3-7-16)18-14-10-13(19-2)9-12-6-4-8-17-15(12)14/h4,6,8-11,18H,3,5,7,16H2,1-2H3/i1D3,2D3,3D2,5D2,7D2,9D,11D. The Balaban J connectivity index is 2.82. The summed E-state index contributed by atoms with van der Waals surface area (Å²) in [5, 5.41) is 2.03. The first-order valence-electron chi connectivity index (χ1n) is 12.2. The number of anilines is 1. The van der Waals surface area contributed by atoms with Crippen molar-refractivity contribution in [3.8, 4) is 5.75 Å². The molecule has 19 heavy (non-hydrogen) atoms. The molecule has 0 saturated heterocycles. The predicted octanol–water partition coefficient (Wildman–Crippen LogP) is 2.78. The lowest BCUT2D eigenvalue weighted by Gasteiger charge is -2.17. The third kappa shape index (κ3) is 3.35. The van der Waals surface area contributed by atoms with Crippen molar-refractivity contribution in [3.05, 3.63) is 30.4 Å². The fraction of sp³-hybridized carbons (Fsp3) is 0.400. The Hall–Kier alpha value is -1.81. The van der Waals surface area contributed by atoms with E-state index in [0.29, 0.717) is 0 Å². The molecule has 0 spiro atoms. The van der Waals surface area contributed by atoms with Gasteiger partial charge in [0.1, 0.15) is 5.75 Å². The van der Waals surface area contributed by atoms with E-state index in [-0.39, 0.29) is 10.9 Å². The van der Waals surface area contributed by atoms with E-state index in [1.807, 2.05) is 0 Å². The first-order chi connectivity index (χ1) is 14.6. The lowest BCUT2D eigenvalue weighted by Crippen LogP contribution is -2.17. The fourth-order valence-corrected chi connectivity index (χ4v) is 1.50. The molecule has 2 rings (SSSR count). The van der Waals surface area contributed by atoms with Gasteiger partial charge in [0, 0.05) is 36.0 Å². The van der Waals surface area contributed by atoms with Gasteiger partial charge < -0.3 is 15.8 Å². The quantitative estimate of drug-likeness (QED) is 0.849. The van der Waals surface area contributed by atoms with Gasteiger partial charge in [0.15, 0.2) is 0 Å². The molecule has 1 heterocycles. The third-order valence-corrected chi connectivity index (χ3v) is 2.23. The Bertz CT molecular complexity index is 1030. The summed E-state index contributed by atoms with van der Waals surface area (Å²) in [6.07, 6.45) is -6.25. The maximum atomic E-state index is 8.49. The van der Waals surface area contributed by atoms with Crippen molar-refractivity contribution in [2.24, 2.45) is 5.73 Å². The largest absolute Gasteiger partial charge is 0.497 e. The molecule has 0 bridgehead atoms. The van der Waals surface area contributed by atoms with E-state index in [2.05, 4.69) is 10.3 Å². The summed E-state index contributed by atoms with van der Waals surface area (Å²) in [5.41, 5.74) is 4.53. The number of pyridine rings is 1. The predicted molar refractivity (Wildman–Crippen MR) is 79.7 cm³/mol. The summed E-state index contributed by atoms with van der Waals surface area (Å²) < 4.78 is 114. The monoisotopic (exact) mass is 273 g/mol. The minimum Gasteiger partial charge on any atom is -0.497 e. The molecule has 3 N–H and O–H groups in total. The molecule has 0 aliphatic rings. The van der Waals surface area contributed by atoms with Gasteiger partial charge in [-0.15, -0.1) is 0 Å². The van der Waals surface area contributed by atoms with Crippen LogP contribution in [0.1, 0.15) is 38.8 Å². The van der Waals surface area contributed by atoms with Crippen LogP contribution >= 0.6 is 0 Å². The summed E-state index contributed by atoms with van der Waals surface area (Å²) >= 11 is 0. The molecule has 4 heteroatoms. The van der Waals surface area contributed by atoms with Crippen molar-refractivity contribution in [2.45, 2.75) is 25.6 Å². The second-order valence-electron chi connectivity index (χ2n) is 3.44. The maximum absolute atomic E-state index is 8.49. The molecule has 102 valence electrons. The zero-order valence-electron chi connectivity index (χ0n) is 23.7. The normalized spacial score (nSPS) is 28.5. The number of nitrogens with two attached hydrogens (primary N) is 1. The van der Waals surface area contributed by atoms with Crippen molar-refractivity contribution >= 4 is 16.6 Å². The Morgan fingerprint density at radius 1 is 1.74 bits per heavy atom. The van der Waals surface area contributed by atoms with Crippen molar-refractivity contribution in [1.29, 1.82) is 0 Å². The minimum absolute atomic E-state index is 0.0348. The summed E-state index contributed by atoms with van der Waals surface area (Å²) in [6.45, 7) is -7.00. The van der Waals surface area contributed by atoms with E-state index in [4.69, 9.17) is 29.7 Å². The Labute approximate surface area is 133 Å². The van der Waals surface area contributed by atoms with Gasteiger partial charge >= 0.3 is 0 Å². The summed E-state index contributed by atoms with van der Waals surface area (Å²) in [4.78, 5) is 3.98. The number of rotatable bonds is 6. The van der Waals surface area contributed by atoms with Gasteiger partial charge in [0.05, 0.1) is 25.1 Å². The Kier molecular flexibility index (Phi) is 1.46. The van der Waals surface area contributed by atoms with Crippen LogP contribution in [0.3, 0.4) is 0 Å². The highest BCUT2D eigenvalue weighted by Crippen LogP contribution is 2.28. The van der Waals surface area contributed by atoms with Crippen molar-refractivity contribution in [2.75, 3.05) is 18.9 Å². The van der Waals surface area contributed by atoms with E-state index in [0.717, 1.165) is 6.07 Å². The van der Waals surface area contributed by atoms with Crippen LogP contribution in [0.4, 0.5) is 5.69 Å². The van der Waals surface area contributed by atoms with E-state index in [1.165, 1.54) is 18.3 Å². The highest BCUT2D eigenvalue weighted by molar-refractivity contribution is 5.91. The molecule has 1 unspecified atom stereocenters. The van der Waals surface area contributed by atoms with Crippen LogP contribution in [-0.2, 0) is 0 Å². The van der Waals surface area contributed by atoms with Crippen molar-refractivity contribution in [1.82, 2.24) is 4.98 Å². The number of hydrogen-bond acceptors (Lipinski definition) is 4. The summed E-state index contributed by atoms with van der Waals surface area (Å²) in [7, 11) is -3.01. The molecule has 1 aromatic carbocycles. The first kappa shape index (κ1) is 4.35. The molecule has 0 aliphatic carbocycles. The van der Waals surface area contributed by atoms with Gasteiger partial charge in [-0.25, -0.2) is 0 Å². The SMILES string of the molecule is [2H]c1c(OC([2H])([2H])[2H])cc(NC([2H])(C([2H])([2H])[2H])C([2H])([2H])C([2H])([2H])C([2H])([2H])N)c2ncccc12. The Morgan fingerprint density at radius 3 is 3.47 bits per heavy atom. The molecule has 0 fully saturated rings. The minimum atomic E-state index is -3.80. The van der Waals surface area contributed by atoms with Gasteiger partial charge in [0.25, 0.3) is 0 Å². The lowest BCUT2D eigenvalue weighted by molar-refractivity contribution is 0.415. The first-order valence-corrected chi connectivity index (χ1v) is 5.21.